The molecule has 30 heavy (non-hydrogen) atoms. The van der Waals surface area contributed by atoms with Gasteiger partial charge in [-0.1, -0.05) is 18.9 Å². The van der Waals surface area contributed by atoms with Crippen LogP contribution in [0.2, 0.25) is 0 Å². The second-order valence-corrected chi connectivity index (χ2v) is 8.66. The molecule has 1 saturated carbocycles. The molecular weight excluding hydrogens is 384 g/mol. The van der Waals surface area contributed by atoms with Crippen molar-refractivity contribution in [2.24, 2.45) is 5.92 Å². The van der Waals surface area contributed by atoms with Crippen molar-refractivity contribution >= 4 is 17.3 Å². The highest BCUT2D eigenvalue weighted by Crippen LogP contribution is 2.33. The summed E-state index contributed by atoms with van der Waals surface area (Å²) in [6.45, 7) is 2.71. The van der Waals surface area contributed by atoms with E-state index in [0.717, 1.165) is 31.5 Å². The maximum absolute atomic E-state index is 14.9. The third kappa shape index (κ3) is 4.79. The van der Waals surface area contributed by atoms with Gasteiger partial charge in [-0.05, 0) is 62.8 Å². The van der Waals surface area contributed by atoms with Crippen molar-refractivity contribution < 1.29 is 13.6 Å². The first-order valence-corrected chi connectivity index (χ1v) is 11.0. The number of carbonyl (C=O) groups is 1. The van der Waals surface area contributed by atoms with Gasteiger partial charge in [0.15, 0.2) is 0 Å². The Morgan fingerprint density at radius 1 is 1.10 bits per heavy atom. The molecular formula is C24H29F2N3O. The summed E-state index contributed by atoms with van der Waals surface area (Å²) in [7, 11) is 0. The van der Waals surface area contributed by atoms with Crippen molar-refractivity contribution in [2.45, 2.75) is 57.9 Å². The fourth-order valence-electron chi connectivity index (χ4n) is 4.74. The fourth-order valence-corrected chi connectivity index (χ4v) is 4.74. The topological polar surface area (TPSA) is 45.2 Å². The Morgan fingerprint density at radius 2 is 1.77 bits per heavy atom. The average molecular weight is 414 g/mol. The first kappa shape index (κ1) is 20.8. The Balaban J connectivity index is 1.50. The van der Waals surface area contributed by atoms with Gasteiger partial charge in [0.1, 0.15) is 28.9 Å². The van der Waals surface area contributed by atoms with E-state index in [1.165, 1.54) is 25.0 Å². The van der Waals surface area contributed by atoms with E-state index in [1.807, 2.05) is 12.1 Å². The van der Waals surface area contributed by atoms with Crippen LogP contribution < -0.4 is 10.2 Å². The van der Waals surface area contributed by atoms with Crippen LogP contribution in [0.3, 0.4) is 0 Å². The van der Waals surface area contributed by atoms with Gasteiger partial charge in [0, 0.05) is 31.1 Å². The van der Waals surface area contributed by atoms with Gasteiger partial charge in [0.05, 0.1) is 5.69 Å². The van der Waals surface area contributed by atoms with Gasteiger partial charge in [-0.15, -0.1) is 0 Å². The molecule has 4 nitrogen and oxygen atoms in total. The normalized spacial score (nSPS) is 18.0. The molecule has 6 heteroatoms. The number of halogens is 2. The number of ketones is 1. The first-order valence-electron chi connectivity index (χ1n) is 11.0. The summed E-state index contributed by atoms with van der Waals surface area (Å²) in [4.78, 5) is 17.7. The van der Waals surface area contributed by atoms with E-state index in [0.29, 0.717) is 42.7 Å². The number of nitrogens with one attached hydrogen (secondary N) is 1. The van der Waals surface area contributed by atoms with Crippen LogP contribution in [0.15, 0.2) is 30.3 Å². The summed E-state index contributed by atoms with van der Waals surface area (Å²) in [5, 5.41) is 3.43. The number of hydrogen-bond donors (Lipinski definition) is 1. The number of aromatic nitrogens is 1. The zero-order valence-electron chi connectivity index (χ0n) is 17.5. The standard InChI is InChI=1S/C24H29F2N3O/c1-16(30)13-17-9-11-29(12-10-17)24-20(25)14-18(15-21(24)26)22-7-4-8-23(28-22)27-19-5-2-3-6-19/h4,7-8,14-15,17,19H,2-3,5-6,9-13H2,1H3,(H,27,28). The van der Waals surface area contributed by atoms with Crippen LogP contribution in [0.25, 0.3) is 11.3 Å². The highest BCUT2D eigenvalue weighted by atomic mass is 19.1. The van der Waals surface area contributed by atoms with Gasteiger partial charge >= 0.3 is 0 Å². The van der Waals surface area contributed by atoms with Gasteiger partial charge in [0.25, 0.3) is 0 Å². The van der Waals surface area contributed by atoms with E-state index in [9.17, 15) is 13.6 Å². The molecule has 0 bridgehead atoms. The van der Waals surface area contributed by atoms with Crippen molar-refractivity contribution in [3.8, 4) is 11.3 Å². The fraction of sp³-hybridized carbons (Fsp3) is 0.500. The number of hydrogen-bond acceptors (Lipinski definition) is 4. The van der Waals surface area contributed by atoms with Gasteiger partial charge in [-0.25, -0.2) is 13.8 Å². The summed E-state index contributed by atoms with van der Waals surface area (Å²) in [5.74, 6) is 0.101. The van der Waals surface area contributed by atoms with Gasteiger partial charge < -0.3 is 15.0 Å². The molecule has 1 aliphatic carbocycles. The van der Waals surface area contributed by atoms with Crippen molar-refractivity contribution in [2.75, 3.05) is 23.3 Å². The van der Waals surface area contributed by atoms with Crippen molar-refractivity contribution in [1.29, 1.82) is 0 Å². The molecule has 1 aromatic heterocycles. The van der Waals surface area contributed by atoms with E-state index in [2.05, 4.69) is 10.3 Å². The predicted octanol–water partition coefficient (Wildman–Crippen LogP) is 5.58. The molecule has 0 spiro atoms. The summed E-state index contributed by atoms with van der Waals surface area (Å²) >= 11 is 0. The molecule has 4 rings (SSSR count). The minimum absolute atomic E-state index is 0.0280. The molecule has 0 radical (unpaired) electrons. The molecule has 2 fully saturated rings. The molecule has 1 aliphatic heterocycles. The van der Waals surface area contributed by atoms with E-state index in [-0.39, 0.29) is 11.5 Å². The van der Waals surface area contributed by atoms with Gasteiger partial charge in [-0.2, -0.15) is 0 Å². The Bertz CT molecular complexity index is 880. The Kier molecular flexibility index (Phi) is 6.30. The molecule has 0 atom stereocenters. The third-order valence-electron chi connectivity index (χ3n) is 6.28. The number of pyridine rings is 1. The van der Waals surface area contributed by atoms with Crippen LogP contribution >= 0.6 is 0 Å². The highest BCUT2D eigenvalue weighted by molar-refractivity contribution is 5.75. The van der Waals surface area contributed by atoms with Crippen molar-refractivity contribution in [3.63, 3.8) is 0 Å². The molecule has 2 heterocycles. The molecule has 1 aromatic carbocycles. The summed E-state index contributed by atoms with van der Waals surface area (Å²) in [5.41, 5.74) is 1.03. The smallest absolute Gasteiger partial charge is 0.150 e. The number of piperidine rings is 1. The van der Waals surface area contributed by atoms with E-state index >= 15 is 0 Å². The van der Waals surface area contributed by atoms with E-state index < -0.39 is 11.6 Å². The highest BCUT2D eigenvalue weighted by Gasteiger charge is 2.25. The van der Waals surface area contributed by atoms with Gasteiger partial charge in [0.2, 0.25) is 0 Å². The van der Waals surface area contributed by atoms with E-state index in [1.54, 1.807) is 17.9 Å². The molecule has 160 valence electrons. The molecule has 0 unspecified atom stereocenters. The lowest BCUT2D eigenvalue weighted by Crippen LogP contribution is -2.35. The van der Waals surface area contributed by atoms with Crippen LogP contribution in [0, 0.1) is 17.6 Å². The minimum atomic E-state index is -0.564. The second kappa shape index (κ2) is 9.11. The predicted molar refractivity (Wildman–Crippen MR) is 116 cm³/mol. The van der Waals surface area contributed by atoms with Crippen LogP contribution in [0.4, 0.5) is 20.3 Å². The number of nitrogens with zero attached hydrogens (tertiary/aromatic N) is 2. The van der Waals surface area contributed by atoms with Crippen molar-refractivity contribution in [3.05, 3.63) is 42.0 Å². The molecule has 1 saturated heterocycles. The largest absolute Gasteiger partial charge is 0.367 e. The first-order chi connectivity index (χ1) is 14.5. The van der Waals surface area contributed by atoms with E-state index in [4.69, 9.17) is 0 Å². The Morgan fingerprint density at radius 3 is 2.40 bits per heavy atom. The van der Waals surface area contributed by atoms with Crippen LogP contribution in [0.5, 0.6) is 0 Å². The maximum atomic E-state index is 14.9. The number of rotatable bonds is 6. The summed E-state index contributed by atoms with van der Waals surface area (Å²) < 4.78 is 29.9. The summed E-state index contributed by atoms with van der Waals surface area (Å²) in [6, 6.07) is 8.72. The lowest BCUT2D eigenvalue weighted by atomic mass is 9.91. The number of carbonyl (C=O) groups excluding carboxylic acids is 1. The van der Waals surface area contributed by atoms with Gasteiger partial charge in [-0.3, -0.25) is 0 Å². The van der Waals surface area contributed by atoms with Crippen LogP contribution in [-0.4, -0.2) is 29.9 Å². The second-order valence-electron chi connectivity index (χ2n) is 8.66. The Labute approximate surface area is 176 Å². The lowest BCUT2D eigenvalue weighted by molar-refractivity contribution is -0.118. The zero-order chi connectivity index (χ0) is 21.1. The van der Waals surface area contributed by atoms with Crippen LogP contribution in [-0.2, 0) is 4.79 Å². The number of benzene rings is 1. The molecule has 1 N–H and O–H groups in total. The Hall–Kier alpha value is -2.50. The van der Waals surface area contributed by atoms with Crippen molar-refractivity contribution in [1.82, 2.24) is 4.98 Å². The third-order valence-corrected chi connectivity index (χ3v) is 6.28. The maximum Gasteiger partial charge on any atom is 0.150 e. The SMILES string of the molecule is CC(=O)CC1CCN(c2c(F)cc(-c3cccc(NC4CCCC4)n3)cc2F)CC1. The molecule has 0 amide bonds. The lowest BCUT2D eigenvalue weighted by Gasteiger charge is -2.33. The monoisotopic (exact) mass is 413 g/mol. The molecule has 2 aromatic rings. The zero-order valence-corrected chi connectivity index (χ0v) is 17.5. The minimum Gasteiger partial charge on any atom is -0.367 e. The number of anilines is 2. The molecule has 2 aliphatic rings. The average Bonchev–Trinajstić information content (AvgIpc) is 3.21. The quantitative estimate of drug-likeness (QED) is 0.672. The summed E-state index contributed by atoms with van der Waals surface area (Å²) in [6.07, 6.45) is 6.81. The van der Waals surface area contributed by atoms with Crippen LogP contribution in [0.1, 0.15) is 51.9 Å². The number of Topliss-reactive ketones (excluding diaryl/α,β-unsaturated/α-hetero) is 1.